The zero-order valence-electron chi connectivity index (χ0n) is 23.9. The largest absolute Gasteiger partial charge is 0.377 e. The van der Waals surface area contributed by atoms with Gasteiger partial charge in [0, 0.05) is 43.5 Å². The molecule has 3 aromatic carbocycles. The highest BCUT2D eigenvalue weighted by molar-refractivity contribution is 5.91. The predicted octanol–water partition coefficient (Wildman–Crippen LogP) is 7.22. The summed E-state index contributed by atoms with van der Waals surface area (Å²) in [5.41, 5.74) is 6.05. The molecule has 1 heterocycles. The van der Waals surface area contributed by atoms with Crippen molar-refractivity contribution in [2.75, 3.05) is 30.3 Å². The molecule has 0 saturated carbocycles. The van der Waals surface area contributed by atoms with Crippen molar-refractivity contribution in [3.05, 3.63) is 83.9 Å². The lowest BCUT2D eigenvalue weighted by Crippen LogP contribution is -2.56. The Balaban J connectivity index is 1.57. The van der Waals surface area contributed by atoms with Gasteiger partial charge in [-0.1, -0.05) is 94.4 Å². The summed E-state index contributed by atoms with van der Waals surface area (Å²) in [4.78, 5) is 27.3. The summed E-state index contributed by atoms with van der Waals surface area (Å²) in [6.45, 7) is 11.9. The second-order valence-electron chi connectivity index (χ2n) is 11.3. The van der Waals surface area contributed by atoms with Crippen LogP contribution in [0.4, 0.5) is 16.2 Å². The topological polar surface area (TPSA) is 73.5 Å². The molecule has 1 saturated heterocycles. The summed E-state index contributed by atoms with van der Waals surface area (Å²) in [5, 5.41) is 10.2. The maximum atomic E-state index is 13.3. The molecule has 6 nitrogen and oxygen atoms in total. The van der Waals surface area contributed by atoms with Crippen LogP contribution in [0.15, 0.2) is 72.8 Å². The third-order valence-electron chi connectivity index (χ3n) is 7.78. The van der Waals surface area contributed by atoms with Gasteiger partial charge >= 0.3 is 6.03 Å². The van der Waals surface area contributed by atoms with Gasteiger partial charge in [-0.05, 0) is 47.4 Å². The molecule has 1 fully saturated rings. The van der Waals surface area contributed by atoms with Crippen molar-refractivity contribution in [1.82, 2.24) is 10.2 Å². The molecule has 39 heavy (non-hydrogen) atoms. The van der Waals surface area contributed by atoms with E-state index in [0.29, 0.717) is 19.6 Å². The molecular formula is C33H42N4O2. The number of piperidine rings is 1. The van der Waals surface area contributed by atoms with Crippen LogP contribution < -0.4 is 16.0 Å². The van der Waals surface area contributed by atoms with E-state index >= 15 is 0 Å². The molecule has 0 unspecified atom stereocenters. The first-order valence-corrected chi connectivity index (χ1v) is 14.0. The second-order valence-corrected chi connectivity index (χ2v) is 11.3. The van der Waals surface area contributed by atoms with Crippen LogP contribution in [0.2, 0.25) is 0 Å². The summed E-state index contributed by atoms with van der Waals surface area (Å²) in [5.74, 6) is 0.667. The Kier molecular flexibility index (Phi) is 8.95. The Bertz CT molecular complexity index is 1250. The van der Waals surface area contributed by atoms with Crippen LogP contribution in [0.3, 0.4) is 0 Å². The van der Waals surface area contributed by atoms with Gasteiger partial charge in [-0.2, -0.15) is 0 Å². The fourth-order valence-electron chi connectivity index (χ4n) is 5.45. The van der Waals surface area contributed by atoms with E-state index in [4.69, 9.17) is 0 Å². The number of likely N-dealkylation sites (tertiary alicyclic amines) is 1. The molecular weight excluding hydrogens is 484 g/mol. The fourth-order valence-corrected chi connectivity index (χ4v) is 5.45. The highest BCUT2D eigenvalue weighted by Crippen LogP contribution is 2.34. The van der Waals surface area contributed by atoms with Crippen molar-refractivity contribution in [3.8, 4) is 11.1 Å². The van der Waals surface area contributed by atoms with Gasteiger partial charge in [0.25, 0.3) is 0 Å². The second kappa shape index (κ2) is 12.4. The maximum Gasteiger partial charge on any atom is 0.319 e. The van der Waals surface area contributed by atoms with E-state index in [2.05, 4.69) is 86.1 Å². The molecule has 3 aromatic rings. The number of rotatable bonds is 8. The van der Waals surface area contributed by atoms with Gasteiger partial charge in [-0.3, -0.25) is 4.79 Å². The van der Waals surface area contributed by atoms with Crippen molar-refractivity contribution < 1.29 is 9.59 Å². The van der Waals surface area contributed by atoms with Crippen molar-refractivity contribution in [2.24, 2.45) is 0 Å². The van der Waals surface area contributed by atoms with E-state index in [0.717, 1.165) is 46.5 Å². The number of anilines is 2. The number of nitrogens with zero attached hydrogens (tertiary/aromatic N) is 1. The van der Waals surface area contributed by atoms with Gasteiger partial charge in [0.2, 0.25) is 5.91 Å². The number of para-hydroxylation sites is 2. The minimum Gasteiger partial charge on any atom is -0.377 e. The Morgan fingerprint density at radius 2 is 1.41 bits per heavy atom. The molecule has 1 aliphatic heterocycles. The lowest BCUT2D eigenvalue weighted by Gasteiger charge is -2.43. The molecule has 1 aliphatic rings. The third kappa shape index (κ3) is 6.80. The van der Waals surface area contributed by atoms with Crippen molar-refractivity contribution >= 4 is 23.3 Å². The summed E-state index contributed by atoms with van der Waals surface area (Å²) >= 11 is 0. The number of hydrogen-bond donors (Lipinski definition) is 3. The maximum absolute atomic E-state index is 13.3. The molecule has 3 amide bonds. The van der Waals surface area contributed by atoms with E-state index in [-0.39, 0.29) is 23.8 Å². The average Bonchev–Trinajstić information content (AvgIpc) is 2.93. The molecule has 3 N–H and O–H groups in total. The Morgan fingerprint density at radius 3 is 2.00 bits per heavy atom. The summed E-state index contributed by atoms with van der Waals surface area (Å²) in [6.07, 6.45) is 1.46. The highest BCUT2D eigenvalue weighted by Gasteiger charge is 2.36. The smallest absolute Gasteiger partial charge is 0.319 e. The van der Waals surface area contributed by atoms with Gasteiger partial charge in [0.1, 0.15) is 0 Å². The number of carbonyl (C=O) groups is 2. The van der Waals surface area contributed by atoms with E-state index in [1.165, 1.54) is 0 Å². The SMILES string of the molecule is CC(=O)N1CCC(CNC(=O)Nc2c(C(C)C)cccc2C(C)C)(Nc2ccccc2-c2ccccc2)CC1. The molecule has 6 heteroatoms. The summed E-state index contributed by atoms with van der Waals surface area (Å²) < 4.78 is 0. The zero-order chi connectivity index (χ0) is 28.0. The van der Waals surface area contributed by atoms with Crippen LogP contribution in [-0.4, -0.2) is 42.0 Å². The first-order chi connectivity index (χ1) is 18.7. The van der Waals surface area contributed by atoms with E-state index in [1.807, 2.05) is 35.2 Å². The molecule has 206 valence electrons. The average molecular weight is 527 g/mol. The van der Waals surface area contributed by atoms with Gasteiger partial charge in [-0.25, -0.2) is 4.79 Å². The van der Waals surface area contributed by atoms with Crippen LogP contribution >= 0.6 is 0 Å². The van der Waals surface area contributed by atoms with E-state index in [1.54, 1.807) is 6.92 Å². The van der Waals surface area contributed by atoms with Gasteiger partial charge in [0.15, 0.2) is 0 Å². The van der Waals surface area contributed by atoms with Crippen molar-refractivity contribution in [1.29, 1.82) is 0 Å². The number of hydrogen-bond acceptors (Lipinski definition) is 3. The quantitative estimate of drug-likeness (QED) is 0.290. The van der Waals surface area contributed by atoms with Crippen LogP contribution in [0.1, 0.15) is 70.4 Å². The lowest BCUT2D eigenvalue weighted by molar-refractivity contribution is -0.130. The predicted molar refractivity (Wildman–Crippen MR) is 161 cm³/mol. The molecule has 0 radical (unpaired) electrons. The van der Waals surface area contributed by atoms with Crippen LogP contribution in [-0.2, 0) is 4.79 Å². The molecule has 0 spiro atoms. The number of benzene rings is 3. The number of carbonyl (C=O) groups excluding carboxylic acids is 2. The number of amides is 3. The lowest BCUT2D eigenvalue weighted by atomic mass is 9.86. The molecule has 0 atom stereocenters. The Labute approximate surface area is 233 Å². The van der Waals surface area contributed by atoms with Crippen molar-refractivity contribution in [3.63, 3.8) is 0 Å². The minimum atomic E-state index is -0.396. The molecule has 0 aromatic heterocycles. The normalized spacial score (nSPS) is 14.8. The zero-order valence-corrected chi connectivity index (χ0v) is 23.9. The standard InChI is InChI=1S/C33H42N4O2/c1-23(2)27-15-11-16-28(24(3)4)31(27)35-32(39)34-22-33(18-20-37(21-19-33)25(5)38)36-30-17-10-9-14-29(30)26-12-7-6-8-13-26/h6-17,23-24,36H,18-22H2,1-5H3,(H2,34,35,39). The van der Waals surface area contributed by atoms with Gasteiger partial charge < -0.3 is 20.9 Å². The van der Waals surface area contributed by atoms with Crippen molar-refractivity contribution in [2.45, 2.75) is 64.8 Å². The Hall–Kier alpha value is -3.80. The molecule has 0 bridgehead atoms. The Morgan fingerprint density at radius 1 is 0.821 bits per heavy atom. The monoisotopic (exact) mass is 526 g/mol. The van der Waals surface area contributed by atoms with E-state index < -0.39 is 5.54 Å². The first-order valence-electron chi connectivity index (χ1n) is 14.0. The van der Waals surface area contributed by atoms with Crippen LogP contribution in [0, 0.1) is 0 Å². The summed E-state index contributed by atoms with van der Waals surface area (Å²) in [6, 6.07) is 24.6. The van der Waals surface area contributed by atoms with Crippen LogP contribution in [0.5, 0.6) is 0 Å². The highest BCUT2D eigenvalue weighted by atomic mass is 16.2. The number of urea groups is 1. The van der Waals surface area contributed by atoms with Gasteiger partial charge in [-0.15, -0.1) is 0 Å². The fraction of sp³-hybridized carbons (Fsp3) is 0.394. The molecule has 4 rings (SSSR count). The van der Waals surface area contributed by atoms with E-state index in [9.17, 15) is 9.59 Å². The number of nitrogens with one attached hydrogen (secondary N) is 3. The molecule has 0 aliphatic carbocycles. The summed E-state index contributed by atoms with van der Waals surface area (Å²) in [7, 11) is 0. The van der Waals surface area contributed by atoms with Gasteiger partial charge in [0.05, 0.1) is 5.54 Å². The minimum absolute atomic E-state index is 0.0884. The van der Waals surface area contributed by atoms with Crippen LogP contribution in [0.25, 0.3) is 11.1 Å². The first kappa shape index (κ1) is 28.2. The third-order valence-corrected chi connectivity index (χ3v) is 7.78.